The number of aromatic nitrogens is 1. The van der Waals surface area contributed by atoms with Gasteiger partial charge in [-0.15, -0.1) is 0 Å². The molecule has 2 heterocycles. The third-order valence-electron chi connectivity index (χ3n) is 5.32. The molecule has 5 nitrogen and oxygen atoms in total. The van der Waals surface area contributed by atoms with Gasteiger partial charge in [-0.05, 0) is 48.6 Å². The lowest BCUT2D eigenvalue weighted by molar-refractivity contribution is 0.260. The molecule has 2 N–H and O–H groups in total. The Kier molecular flexibility index (Phi) is 4.90. The second kappa shape index (κ2) is 7.73. The smallest absolute Gasteiger partial charge is 0.172 e. The normalized spacial score (nSPS) is 20.7. The van der Waals surface area contributed by atoms with Crippen LogP contribution in [0.3, 0.4) is 0 Å². The Morgan fingerprint density at radius 3 is 2.68 bits per heavy atom. The summed E-state index contributed by atoms with van der Waals surface area (Å²) in [7, 11) is 0. The summed E-state index contributed by atoms with van der Waals surface area (Å²) < 4.78 is 52.4. The van der Waals surface area contributed by atoms with Crippen LogP contribution in [0, 0.1) is 23.4 Å². The summed E-state index contributed by atoms with van der Waals surface area (Å²) in [5.74, 6) is -0.363. The van der Waals surface area contributed by atoms with E-state index in [4.69, 9.17) is 21.7 Å². The summed E-state index contributed by atoms with van der Waals surface area (Å²) in [5, 5.41) is 6.40. The van der Waals surface area contributed by atoms with E-state index in [0.29, 0.717) is 29.0 Å². The van der Waals surface area contributed by atoms with Gasteiger partial charge >= 0.3 is 0 Å². The van der Waals surface area contributed by atoms with Crippen molar-refractivity contribution in [2.45, 2.75) is 12.0 Å². The lowest BCUT2D eigenvalue weighted by atomic mass is 10.0. The van der Waals surface area contributed by atoms with E-state index in [9.17, 15) is 13.2 Å². The second-order valence-corrected chi connectivity index (χ2v) is 7.74. The van der Waals surface area contributed by atoms with Crippen LogP contribution < -0.4 is 20.1 Å². The molecule has 9 heteroatoms. The van der Waals surface area contributed by atoms with Crippen LogP contribution in [0.5, 0.6) is 17.2 Å². The zero-order valence-electron chi connectivity index (χ0n) is 15.9. The first-order valence-corrected chi connectivity index (χ1v) is 9.98. The molecule has 5 rings (SSSR count). The van der Waals surface area contributed by atoms with Crippen LogP contribution in [-0.2, 0) is 0 Å². The fourth-order valence-electron chi connectivity index (χ4n) is 3.84. The van der Waals surface area contributed by atoms with Crippen molar-refractivity contribution in [1.82, 2.24) is 10.3 Å². The van der Waals surface area contributed by atoms with Gasteiger partial charge in [0.05, 0.1) is 12.8 Å². The molecule has 0 spiro atoms. The monoisotopic (exact) mass is 443 g/mol. The van der Waals surface area contributed by atoms with Crippen LogP contribution in [0.15, 0.2) is 54.7 Å². The van der Waals surface area contributed by atoms with Gasteiger partial charge in [0.1, 0.15) is 29.0 Å². The quantitative estimate of drug-likeness (QED) is 0.568. The first kappa shape index (κ1) is 19.6. The molecule has 158 valence electrons. The molecule has 0 bridgehead atoms. The summed E-state index contributed by atoms with van der Waals surface area (Å²) in [6.45, 7) is 0.294. The van der Waals surface area contributed by atoms with Gasteiger partial charge in [-0.2, -0.15) is 0 Å². The van der Waals surface area contributed by atoms with E-state index in [2.05, 4.69) is 15.6 Å². The Labute approximate surface area is 181 Å². The molecule has 2 aromatic carbocycles. The average Bonchev–Trinajstić information content (AvgIpc) is 3.44. The molecule has 0 amide bonds. The maximum absolute atomic E-state index is 14.2. The molecule has 0 radical (unpaired) electrons. The highest BCUT2D eigenvalue weighted by Gasteiger charge is 2.57. The van der Waals surface area contributed by atoms with Gasteiger partial charge in [0.25, 0.3) is 0 Å². The number of hydrogen-bond donors (Lipinski definition) is 2. The zero-order valence-corrected chi connectivity index (χ0v) is 16.8. The SMILES string of the molecule is Fc1cccc(Oc2ccc(NC(=S)N[C@@H]3[C@H]4COc5c(F)ccc(F)c5[C@@H]43)nc2)c1. The van der Waals surface area contributed by atoms with E-state index in [1.807, 2.05) is 0 Å². The fraction of sp³-hybridized carbons (Fsp3) is 0.182. The summed E-state index contributed by atoms with van der Waals surface area (Å²) in [5.41, 5.74) is 0.258. The van der Waals surface area contributed by atoms with Crippen LogP contribution in [0.1, 0.15) is 11.5 Å². The maximum atomic E-state index is 14.2. The molecule has 31 heavy (non-hydrogen) atoms. The number of benzene rings is 2. The molecule has 0 unspecified atom stereocenters. The van der Waals surface area contributed by atoms with E-state index < -0.39 is 17.5 Å². The summed E-state index contributed by atoms with van der Waals surface area (Å²) in [6, 6.07) is 11.2. The maximum Gasteiger partial charge on any atom is 0.172 e. The molecule has 2 aliphatic rings. The number of halogens is 3. The van der Waals surface area contributed by atoms with Gasteiger partial charge in [0, 0.05) is 29.5 Å². The number of anilines is 1. The van der Waals surface area contributed by atoms with Crippen molar-refractivity contribution >= 4 is 23.1 Å². The van der Waals surface area contributed by atoms with Crippen molar-refractivity contribution in [2.75, 3.05) is 11.9 Å². The van der Waals surface area contributed by atoms with E-state index in [1.54, 1.807) is 24.3 Å². The molecule has 1 aliphatic carbocycles. The molecule has 3 aromatic rings. The number of fused-ring (bicyclic) bond motifs is 3. The summed E-state index contributed by atoms with van der Waals surface area (Å²) in [6.07, 6.45) is 1.48. The van der Waals surface area contributed by atoms with Crippen LogP contribution in [0.4, 0.5) is 19.0 Å². The van der Waals surface area contributed by atoms with Crippen molar-refractivity contribution in [2.24, 2.45) is 5.92 Å². The Balaban J connectivity index is 1.20. The molecule has 1 fully saturated rings. The van der Waals surface area contributed by atoms with Crippen LogP contribution in [0.25, 0.3) is 0 Å². The highest BCUT2D eigenvalue weighted by Crippen LogP contribution is 2.55. The number of pyridine rings is 1. The van der Waals surface area contributed by atoms with Crippen LogP contribution in [-0.4, -0.2) is 22.7 Å². The van der Waals surface area contributed by atoms with E-state index in [1.165, 1.54) is 18.3 Å². The van der Waals surface area contributed by atoms with Gasteiger partial charge < -0.3 is 20.1 Å². The van der Waals surface area contributed by atoms with Gasteiger partial charge in [-0.1, -0.05) is 6.07 Å². The molecule has 0 saturated heterocycles. The third kappa shape index (κ3) is 3.88. The third-order valence-corrected chi connectivity index (χ3v) is 5.54. The zero-order chi connectivity index (χ0) is 21.5. The van der Waals surface area contributed by atoms with Gasteiger partial charge in [0.15, 0.2) is 16.7 Å². The van der Waals surface area contributed by atoms with Crippen molar-refractivity contribution in [3.63, 3.8) is 0 Å². The lowest BCUT2D eigenvalue weighted by Crippen LogP contribution is -2.32. The van der Waals surface area contributed by atoms with E-state index >= 15 is 0 Å². The molecule has 1 saturated carbocycles. The highest BCUT2D eigenvalue weighted by molar-refractivity contribution is 7.80. The molecule has 1 aromatic heterocycles. The Hall–Kier alpha value is -3.33. The highest BCUT2D eigenvalue weighted by atomic mass is 32.1. The van der Waals surface area contributed by atoms with E-state index in [0.717, 1.165) is 12.1 Å². The van der Waals surface area contributed by atoms with Crippen molar-refractivity contribution in [3.8, 4) is 17.2 Å². The number of nitrogens with zero attached hydrogens (tertiary/aromatic N) is 1. The van der Waals surface area contributed by atoms with Crippen molar-refractivity contribution < 1.29 is 22.6 Å². The first-order chi connectivity index (χ1) is 15.0. The summed E-state index contributed by atoms with van der Waals surface area (Å²) in [4.78, 5) is 4.23. The van der Waals surface area contributed by atoms with Crippen LogP contribution in [0.2, 0.25) is 0 Å². The number of nitrogens with one attached hydrogen (secondary N) is 2. The number of ether oxygens (including phenoxy) is 2. The Morgan fingerprint density at radius 2 is 1.90 bits per heavy atom. The standard InChI is InChI=1S/C22H16F3N3O2S/c23-11-2-1-3-12(8-11)30-13-4-7-17(26-9-13)27-22(31)28-20-14-10-29-21-16(25)6-5-15(24)19(21)18(14)20/h1-9,14,18,20H,10H2,(H2,26,27,28,31)/t14-,18+,20+/m0/s1. The van der Waals surface area contributed by atoms with Gasteiger partial charge in [-0.25, -0.2) is 18.2 Å². The van der Waals surface area contributed by atoms with Gasteiger partial charge in [0.2, 0.25) is 0 Å². The number of thiocarbonyl (C=S) groups is 1. The number of hydrogen-bond acceptors (Lipinski definition) is 4. The minimum Gasteiger partial charge on any atom is -0.490 e. The summed E-state index contributed by atoms with van der Waals surface area (Å²) >= 11 is 5.34. The second-order valence-electron chi connectivity index (χ2n) is 7.34. The Morgan fingerprint density at radius 1 is 1.06 bits per heavy atom. The van der Waals surface area contributed by atoms with Gasteiger partial charge in [-0.3, -0.25) is 0 Å². The molecule has 1 aliphatic heterocycles. The lowest BCUT2D eigenvalue weighted by Gasteiger charge is -2.16. The first-order valence-electron chi connectivity index (χ1n) is 9.57. The number of rotatable bonds is 4. The molecule has 3 atom stereocenters. The minimum atomic E-state index is -0.564. The van der Waals surface area contributed by atoms with E-state index in [-0.39, 0.29) is 29.2 Å². The van der Waals surface area contributed by atoms with Crippen LogP contribution >= 0.6 is 12.2 Å². The largest absolute Gasteiger partial charge is 0.490 e. The molecular weight excluding hydrogens is 427 g/mol. The predicted octanol–water partition coefficient (Wildman–Crippen LogP) is 4.75. The fourth-order valence-corrected chi connectivity index (χ4v) is 4.08. The predicted molar refractivity (Wildman–Crippen MR) is 112 cm³/mol. The van der Waals surface area contributed by atoms with Crippen molar-refractivity contribution in [1.29, 1.82) is 0 Å². The topological polar surface area (TPSA) is 55.4 Å². The Bertz CT molecular complexity index is 1160. The minimum absolute atomic E-state index is 0.0125. The molecular formula is C22H16F3N3O2S. The average molecular weight is 443 g/mol. The van der Waals surface area contributed by atoms with Crippen molar-refractivity contribution in [3.05, 3.63) is 77.7 Å².